The summed E-state index contributed by atoms with van der Waals surface area (Å²) in [6.07, 6.45) is 1.40. The summed E-state index contributed by atoms with van der Waals surface area (Å²) in [6, 6.07) is 16.5. The highest BCUT2D eigenvalue weighted by Crippen LogP contribution is 2.28. The van der Waals surface area contributed by atoms with Gasteiger partial charge >= 0.3 is 0 Å². The molecule has 0 spiro atoms. The van der Waals surface area contributed by atoms with Gasteiger partial charge in [0.25, 0.3) is 0 Å². The van der Waals surface area contributed by atoms with Gasteiger partial charge in [-0.1, -0.05) is 60.2 Å². The van der Waals surface area contributed by atoms with Crippen LogP contribution in [0.4, 0.5) is 5.13 Å². The normalized spacial score (nSPS) is 11.9. The fourth-order valence-electron chi connectivity index (χ4n) is 3.76. The van der Waals surface area contributed by atoms with Crippen LogP contribution in [-0.4, -0.2) is 53.9 Å². The number of aromatic amines is 1. The number of aromatic nitrogens is 5. The lowest BCUT2D eigenvalue weighted by molar-refractivity contribution is -0.113. The van der Waals surface area contributed by atoms with E-state index in [1.54, 1.807) is 35.7 Å². The van der Waals surface area contributed by atoms with E-state index in [0.29, 0.717) is 16.8 Å². The van der Waals surface area contributed by atoms with Gasteiger partial charge < -0.3 is 9.73 Å². The smallest absolute Gasteiger partial charge is 0.241 e. The minimum Gasteiger partial charge on any atom is -0.423 e. The van der Waals surface area contributed by atoms with Crippen molar-refractivity contribution >= 4 is 42.1 Å². The van der Waals surface area contributed by atoms with E-state index in [0.717, 1.165) is 11.1 Å². The number of carbonyl (C=O) groups is 1. The van der Waals surface area contributed by atoms with E-state index in [1.165, 1.54) is 17.5 Å². The van der Waals surface area contributed by atoms with E-state index in [9.17, 15) is 21.6 Å². The first-order valence-corrected chi connectivity index (χ1v) is 16.1. The van der Waals surface area contributed by atoms with Gasteiger partial charge in [0.2, 0.25) is 27.5 Å². The van der Waals surface area contributed by atoms with Gasteiger partial charge in [0.15, 0.2) is 20.0 Å². The summed E-state index contributed by atoms with van der Waals surface area (Å²) >= 11 is 1.17. The van der Waals surface area contributed by atoms with Crippen LogP contribution in [0.3, 0.4) is 0 Å². The molecule has 0 fully saturated rings. The van der Waals surface area contributed by atoms with Crippen molar-refractivity contribution < 1.29 is 26.0 Å². The molecule has 0 saturated carbocycles. The van der Waals surface area contributed by atoms with E-state index in [-0.39, 0.29) is 21.9 Å². The van der Waals surface area contributed by atoms with Crippen molar-refractivity contribution in [3.8, 4) is 22.4 Å². The molecule has 3 aromatic heterocycles. The Morgan fingerprint density at radius 1 is 0.950 bits per heavy atom. The molecule has 206 valence electrons. The minimum absolute atomic E-state index is 0.129. The van der Waals surface area contributed by atoms with Crippen molar-refractivity contribution in [3.63, 3.8) is 0 Å². The second-order valence-electron chi connectivity index (χ2n) is 8.81. The van der Waals surface area contributed by atoms with Crippen molar-refractivity contribution in [2.75, 3.05) is 11.1 Å². The SMILES string of the molecule is Cc1ccc(-c2csc(NC(=O)CS(=O)(=O)Cc3nnc(CS(=O)(=O)c4[nH]ncc4-c4ccccc4)o3)n2)cc1. The fourth-order valence-corrected chi connectivity index (χ4v) is 6.84. The number of aryl methyl sites for hydroxylation is 1. The van der Waals surface area contributed by atoms with Crippen LogP contribution in [0.25, 0.3) is 22.4 Å². The standard InChI is InChI=1S/C25H22N6O6S3/c1-16-7-9-18(10-8-16)20-12-38-25(27-20)28-21(32)13-39(33,34)14-22-29-30-23(37-22)15-40(35,36)24-19(11-26-31-24)17-5-3-2-4-6-17/h2-12H,13-15H2,1H3,(H,26,31)(H,27,28,32). The summed E-state index contributed by atoms with van der Waals surface area (Å²) in [7, 11) is -8.00. The zero-order valence-corrected chi connectivity index (χ0v) is 23.4. The van der Waals surface area contributed by atoms with Crippen molar-refractivity contribution in [2.45, 2.75) is 23.5 Å². The average molecular weight is 599 g/mol. The van der Waals surface area contributed by atoms with Crippen LogP contribution in [0.15, 0.2) is 75.6 Å². The third-order valence-corrected chi connectivity index (χ3v) is 9.32. The lowest BCUT2D eigenvalue weighted by Gasteiger charge is -2.04. The minimum atomic E-state index is -4.02. The first kappa shape index (κ1) is 27.4. The fraction of sp³-hybridized carbons (Fsp3) is 0.160. The van der Waals surface area contributed by atoms with Gasteiger partial charge in [-0.05, 0) is 12.5 Å². The topological polar surface area (TPSA) is 178 Å². The third kappa shape index (κ3) is 6.50. The number of anilines is 1. The molecule has 2 N–H and O–H groups in total. The molecule has 3 heterocycles. The zero-order chi connectivity index (χ0) is 28.3. The number of carbonyl (C=O) groups excluding carboxylic acids is 1. The maximum Gasteiger partial charge on any atom is 0.241 e. The first-order valence-electron chi connectivity index (χ1n) is 11.7. The van der Waals surface area contributed by atoms with Crippen LogP contribution in [0.5, 0.6) is 0 Å². The Balaban J connectivity index is 1.20. The van der Waals surface area contributed by atoms with Crippen LogP contribution < -0.4 is 5.32 Å². The molecule has 5 aromatic rings. The van der Waals surface area contributed by atoms with Gasteiger partial charge in [0.05, 0.1) is 11.9 Å². The van der Waals surface area contributed by atoms with E-state index in [1.807, 2.05) is 31.2 Å². The number of rotatable bonds is 10. The van der Waals surface area contributed by atoms with Crippen LogP contribution >= 0.6 is 11.3 Å². The van der Waals surface area contributed by atoms with Crippen LogP contribution in [-0.2, 0) is 36.0 Å². The molecule has 15 heteroatoms. The predicted molar refractivity (Wildman–Crippen MR) is 148 cm³/mol. The number of amides is 1. The van der Waals surface area contributed by atoms with Crippen molar-refractivity contribution in [3.05, 3.63) is 83.5 Å². The molecule has 0 aliphatic heterocycles. The second-order valence-corrected chi connectivity index (χ2v) is 13.7. The van der Waals surface area contributed by atoms with E-state index < -0.39 is 42.8 Å². The lowest BCUT2D eigenvalue weighted by Crippen LogP contribution is -2.24. The Morgan fingerprint density at radius 2 is 1.65 bits per heavy atom. The second kappa shape index (κ2) is 11.1. The number of thiazole rings is 1. The van der Waals surface area contributed by atoms with Gasteiger partial charge in [-0.15, -0.1) is 21.5 Å². The number of benzene rings is 2. The van der Waals surface area contributed by atoms with E-state index >= 15 is 0 Å². The van der Waals surface area contributed by atoms with Gasteiger partial charge in [-0.2, -0.15) is 5.10 Å². The number of H-pyrrole nitrogens is 1. The number of nitrogens with zero attached hydrogens (tertiary/aromatic N) is 4. The molecule has 12 nitrogen and oxygen atoms in total. The van der Waals surface area contributed by atoms with Gasteiger partial charge in [-0.25, -0.2) is 21.8 Å². The molecular weight excluding hydrogens is 577 g/mol. The number of nitrogens with one attached hydrogen (secondary N) is 2. The zero-order valence-electron chi connectivity index (χ0n) is 20.9. The number of hydrogen-bond donors (Lipinski definition) is 2. The third-order valence-electron chi connectivity index (χ3n) is 5.61. The largest absolute Gasteiger partial charge is 0.423 e. The summed E-state index contributed by atoms with van der Waals surface area (Å²) in [5, 5.41) is 18.0. The highest BCUT2D eigenvalue weighted by atomic mass is 32.2. The molecular formula is C25H22N6O6S3. The highest BCUT2D eigenvalue weighted by molar-refractivity contribution is 7.91. The Morgan fingerprint density at radius 3 is 2.38 bits per heavy atom. The van der Waals surface area contributed by atoms with Crippen molar-refractivity contribution in [2.24, 2.45) is 0 Å². The molecule has 0 aliphatic rings. The van der Waals surface area contributed by atoms with E-state index in [2.05, 4.69) is 30.7 Å². The molecule has 0 unspecified atom stereocenters. The van der Waals surface area contributed by atoms with E-state index in [4.69, 9.17) is 4.42 Å². The Kier molecular flexibility index (Phi) is 7.60. The summed E-state index contributed by atoms with van der Waals surface area (Å²) in [6.45, 7) is 1.97. The van der Waals surface area contributed by atoms with Crippen LogP contribution in [0, 0.1) is 6.92 Å². The first-order chi connectivity index (χ1) is 19.1. The van der Waals surface area contributed by atoms with Gasteiger partial charge in [0, 0.05) is 16.5 Å². The molecule has 5 rings (SSSR count). The quantitative estimate of drug-likeness (QED) is 0.242. The van der Waals surface area contributed by atoms with Gasteiger partial charge in [0.1, 0.15) is 17.3 Å². The Bertz CT molecular complexity index is 1860. The molecule has 0 atom stereocenters. The number of hydrogen-bond acceptors (Lipinski definition) is 11. The summed E-state index contributed by atoms with van der Waals surface area (Å²) in [5.41, 5.74) is 3.65. The Hall–Kier alpha value is -4.21. The monoisotopic (exact) mass is 598 g/mol. The molecule has 1 amide bonds. The molecule has 0 radical (unpaired) electrons. The van der Waals surface area contributed by atoms with Crippen molar-refractivity contribution in [1.29, 1.82) is 0 Å². The summed E-state index contributed by atoms with van der Waals surface area (Å²) in [5.74, 6) is -3.66. The molecule has 0 bridgehead atoms. The lowest BCUT2D eigenvalue weighted by atomic mass is 10.1. The van der Waals surface area contributed by atoms with Gasteiger partial charge in [-0.3, -0.25) is 9.89 Å². The highest BCUT2D eigenvalue weighted by Gasteiger charge is 2.27. The molecule has 0 aliphatic carbocycles. The molecule has 40 heavy (non-hydrogen) atoms. The predicted octanol–water partition coefficient (Wildman–Crippen LogP) is 3.42. The van der Waals surface area contributed by atoms with Crippen LogP contribution in [0.1, 0.15) is 17.3 Å². The van der Waals surface area contributed by atoms with Crippen LogP contribution in [0.2, 0.25) is 0 Å². The Labute approximate surface area is 233 Å². The average Bonchev–Trinajstić information content (AvgIpc) is 3.66. The summed E-state index contributed by atoms with van der Waals surface area (Å²) < 4.78 is 56.5. The maximum atomic E-state index is 13.0. The number of sulfone groups is 2. The maximum absolute atomic E-state index is 13.0. The summed E-state index contributed by atoms with van der Waals surface area (Å²) in [4.78, 5) is 16.7. The molecule has 2 aromatic carbocycles. The van der Waals surface area contributed by atoms with Crippen molar-refractivity contribution in [1.82, 2.24) is 25.4 Å². The molecule has 0 saturated heterocycles.